The zero-order valence-electron chi connectivity index (χ0n) is 21.8. The van der Waals surface area contributed by atoms with E-state index >= 15 is 0 Å². The van der Waals surface area contributed by atoms with Crippen LogP contribution in [0.3, 0.4) is 0 Å². The minimum Gasteiger partial charge on any atom is -0.387 e. The van der Waals surface area contributed by atoms with E-state index in [0.717, 1.165) is 33.7 Å². The molecule has 0 saturated carbocycles. The lowest BCUT2D eigenvalue weighted by Crippen LogP contribution is -2.38. The molecule has 2 heterocycles. The summed E-state index contributed by atoms with van der Waals surface area (Å²) in [6.45, 7) is -0.941. The molecule has 1 aliphatic heterocycles. The molecule has 0 radical (unpaired) electrons. The normalized spacial score (nSPS) is 23.5. The zero-order chi connectivity index (χ0) is 31.6. The van der Waals surface area contributed by atoms with Crippen LogP contribution in [0.25, 0.3) is 11.1 Å². The van der Waals surface area contributed by atoms with Crippen molar-refractivity contribution in [1.29, 1.82) is 0 Å². The molecule has 1 aliphatic rings. The lowest BCUT2D eigenvalue weighted by Gasteiger charge is -2.21. The van der Waals surface area contributed by atoms with Crippen LogP contribution in [0.2, 0.25) is 0 Å². The Hall–Kier alpha value is -2.24. The highest BCUT2D eigenvalue weighted by Gasteiger charge is 2.47. The molecule has 21 heteroatoms. The summed E-state index contributed by atoms with van der Waals surface area (Å²) in [6, 6.07) is 16.8. The van der Waals surface area contributed by atoms with E-state index in [1.807, 2.05) is 42.5 Å². The number of nitrogens with one attached hydrogen (secondary N) is 1. The first-order chi connectivity index (χ1) is 20.1. The molecule has 0 bridgehead atoms. The first-order valence-electron chi connectivity index (χ1n) is 11.9. The third-order valence-electron chi connectivity index (χ3n) is 5.77. The summed E-state index contributed by atoms with van der Waals surface area (Å²) in [7, 11) is -15.6. The number of aliphatic hydroxyl groups excluding tert-OH is 2. The van der Waals surface area contributed by atoms with Crippen LogP contribution in [0.15, 0.2) is 80.2 Å². The third-order valence-corrected chi connectivity index (χ3v) is 11.0. The molecule has 6 atom stereocenters. The summed E-state index contributed by atoms with van der Waals surface area (Å²) < 4.78 is 58.4. The number of aromatic amines is 1. The highest BCUT2D eigenvalue weighted by molar-refractivity contribution is 7.99. The van der Waals surface area contributed by atoms with E-state index in [1.165, 1.54) is 0 Å². The Balaban J connectivity index is 1.48. The van der Waals surface area contributed by atoms with Gasteiger partial charge in [0.1, 0.15) is 18.3 Å². The number of ether oxygens (including phenoxy) is 1. The number of aliphatic hydroxyl groups is 2. The Kier molecular flexibility index (Phi) is 10.5. The summed E-state index contributed by atoms with van der Waals surface area (Å²) in [5.74, 6) is 0. The Bertz CT molecular complexity index is 1690. The van der Waals surface area contributed by atoms with E-state index in [9.17, 15) is 38.4 Å². The maximum atomic E-state index is 12.6. The molecule has 1 saturated heterocycles. The van der Waals surface area contributed by atoms with Gasteiger partial charge in [-0.2, -0.15) is 8.62 Å². The van der Waals surface area contributed by atoms with E-state index in [0.29, 0.717) is 12.0 Å². The molecule has 0 aliphatic carbocycles. The number of phosphoric acid groups is 3. The van der Waals surface area contributed by atoms with Crippen LogP contribution >= 0.6 is 35.2 Å². The van der Waals surface area contributed by atoms with Crippen LogP contribution < -0.4 is 11.2 Å². The fraction of sp³-hybridized carbons (Fsp3) is 0.273. The summed E-state index contributed by atoms with van der Waals surface area (Å²) in [5.41, 5.74) is 0.208. The molecule has 234 valence electrons. The summed E-state index contributed by atoms with van der Waals surface area (Å²) in [5, 5.41) is 21.0. The van der Waals surface area contributed by atoms with Gasteiger partial charge in [0.15, 0.2) is 6.23 Å². The van der Waals surface area contributed by atoms with Crippen molar-refractivity contribution >= 4 is 35.2 Å². The van der Waals surface area contributed by atoms with Gasteiger partial charge in [-0.05, 0) is 23.3 Å². The number of rotatable bonds is 12. The second kappa shape index (κ2) is 13.4. The average molecular weight is 682 g/mol. The van der Waals surface area contributed by atoms with Crippen molar-refractivity contribution in [2.24, 2.45) is 0 Å². The number of phosphoric ester groups is 1. The predicted octanol–water partition coefficient (Wildman–Crippen LogP) is 1.97. The maximum absolute atomic E-state index is 12.6. The predicted molar refractivity (Wildman–Crippen MR) is 148 cm³/mol. The fourth-order valence-electron chi connectivity index (χ4n) is 3.85. The number of H-pyrrole nitrogens is 1. The Morgan fingerprint density at radius 1 is 0.930 bits per heavy atom. The molecular formula is C22H25N2O15P3S. The topological polar surface area (TPSA) is 253 Å². The number of hydrogen-bond acceptors (Lipinski definition) is 13. The summed E-state index contributed by atoms with van der Waals surface area (Å²) in [6.07, 6.45) is -5.59. The maximum Gasteiger partial charge on any atom is 0.490 e. The number of benzene rings is 2. The van der Waals surface area contributed by atoms with Gasteiger partial charge in [-0.15, -0.1) is 0 Å². The third kappa shape index (κ3) is 8.69. The Morgan fingerprint density at radius 2 is 1.56 bits per heavy atom. The quantitative estimate of drug-likeness (QED) is 0.149. The SMILES string of the molecule is COP(=O)(OC[C@H]1O[C@@H](n2cc(Sc3ccc(-c4ccccc4)cc3)c(=O)[nH]c2=O)[C@H](O)[C@@H]1O)OP(=O)(O)OP(=O)(O)O. The van der Waals surface area contributed by atoms with Crippen LogP contribution in [0, 0.1) is 0 Å². The molecule has 3 aromatic rings. The van der Waals surface area contributed by atoms with Crippen molar-refractivity contribution in [2.75, 3.05) is 13.7 Å². The van der Waals surface area contributed by atoms with Crippen molar-refractivity contribution in [3.05, 3.63) is 81.6 Å². The van der Waals surface area contributed by atoms with Gasteiger partial charge in [-0.1, -0.05) is 54.2 Å². The van der Waals surface area contributed by atoms with Crippen LogP contribution in [-0.4, -0.2) is 66.5 Å². The Labute approximate surface area is 246 Å². The molecule has 0 amide bonds. The van der Waals surface area contributed by atoms with Crippen LogP contribution in [0.4, 0.5) is 0 Å². The van der Waals surface area contributed by atoms with Crippen LogP contribution in [0.5, 0.6) is 0 Å². The molecule has 0 spiro atoms. The van der Waals surface area contributed by atoms with E-state index in [2.05, 4.69) is 18.1 Å². The molecule has 4 rings (SSSR count). The summed E-state index contributed by atoms with van der Waals surface area (Å²) >= 11 is 1.01. The highest BCUT2D eigenvalue weighted by atomic mass is 32.2. The van der Waals surface area contributed by atoms with Crippen molar-refractivity contribution in [3.63, 3.8) is 0 Å². The molecule has 1 fully saturated rings. The molecule has 6 N–H and O–H groups in total. The molecule has 2 aromatic carbocycles. The van der Waals surface area contributed by atoms with E-state index in [-0.39, 0.29) is 4.90 Å². The molecule has 2 unspecified atom stereocenters. The van der Waals surface area contributed by atoms with Gasteiger partial charge in [0.2, 0.25) is 0 Å². The smallest absolute Gasteiger partial charge is 0.387 e. The molecular weight excluding hydrogens is 657 g/mol. The van der Waals surface area contributed by atoms with Crippen LogP contribution in [-0.2, 0) is 36.1 Å². The first-order valence-corrected chi connectivity index (χ1v) is 17.2. The van der Waals surface area contributed by atoms with Gasteiger partial charge < -0.3 is 29.6 Å². The van der Waals surface area contributed by atoms with Gasteiger partial charge >= 0.3 is 29.2 Å². The second-order valence-corrected chi connectivity index (χ2v) is 14.6. The molecule has 43 heavy (non-hydrogen) atoms. The lowest BCUT2D eigenvalue weighted by atomic mass is 10.1. The van der Waals surface area contributed by atoms with Gasteiger partial charge in [0, 0.05) is 18.2 Å². The van der Waals surface area contributed by atoms with E-state index < -0.39 is 65.9 Å². The Morgan fingerprint density at radius 3 is 2.16 bits per heavy atom. The van der Waals surface area contributed by atoms with Crippen molar-refractivity contribution < 1.29 is 61.0 Å². The minimum atomic E-state index is -5.68. The molecule has 17 nitrogen and oxygen atoms in total. The average Bonchev–Trinajstić information content (AvgIpc) is 3.21. The largest absolute Gasteiger partial charge is 0.490 e. The van der Waals surface area contributed by atoms with Gasteiger partial charge in [0.25, 0.3) is 5.56 Å². The van der Waals surface area contributed by atoms with Gasteiger partial charge in [-0.3, -0.25) is 23.4 Å². The van der Waals surface area contributed by atoms with Crippen LogP contribution in [0.1, 0.15) is 6.23 Å². The monoisotopic (exact) mass is 682 g/mol. The van der Waals surface area contributed by atoms with Gasteiger partial charge in [0.05, 0.1) is 11.5 Å². The number of hydrogen-bond donors (Lipinski definition) is 6. The minimum absolute atomic E-state index is 0.0399. The standard InChI is InChI=1S/C22H25N2O15P3S/c1-35-42(34,39-41(32,33)38-40(29,30)31)36-12-16-18(25)19(26)21(37-16)24-11-17(20(27)23-22(24)28)43-15-9-7-14(8-10-15)13-5-3-2-4-6-13/h2-11,16,18-19,21,25-26H,12H2,1H3,(H,32,33)(H,23,27,28)(H2,29,30,31)/t16-,18-,19-,21-,42?/m1/s1. The van der Waals surface area contributed by atoms with Crippen molar-refractivity contribution in [2.45, 2.75) is 34.3 Å². The van der Waals surface area contributed by atoms with Crippen molar-refractivity contribution in [3.8, 4) is 11.1 Å². The van der Waals surface area contributed by atoms with E-state index in [1.54, 1.807) is 12.1 Å². The zero-order valence-corrected chi connectivity index (χ0v) is 25.3. The number of nitrogens with zero attached hydrogens (tertiary/aromatic N) is 1. The molecule has 1 aromatic heterocycles. The van der Waals surface area contributed by atoms with Crippen molar-refractivity contribution in [1.82, 2.24) is 9.55 Å². The first kappa shape index (κ1) is 33.6. The van der Waals surface area contributed by atoms with Gasteiger partial charge in [-0.25, -0.2) is 18.5 Å². The fourth-order valence-corrected chi connectivity index (χ4v) is 8.05. The highest BCUT2D eigenvalue weighted by Crippen LogP contribution is 2.68. The lowest BCUT2D eigenvalue weighted by molar-refractivity contribution is -0.0550. The number of aromatic nitrogens is 2. The summed E-state index contributed by atoms with van der Waals surface area (Å²) in [4.78, 5) is 54.8. The second-order valence-electron chi connectivity index (χ2n) is 8.75. The van der Waals surface area contributed by atoms with E-state index in [4.69, 9.17) is 19.0 Å².